The van der Waals surface area contributed by atoms with E-state index >= 15 is 0 Å². The molecule has 0 atom stereocenters. The van der Waals surface area contributed by atoms with E-state index in [1.807, 2.05) is 42.5 Å². The standard InChI is InChI=1S/C32H46N2O2S/c1-2-3-4-5-6-7-8-9-10-11-12-15-23-36-30-20-18-28(19-21-30)25-32(35)33-31-17-14-13-16-29(31)26-34-22-24-37-27-34/h13-14,16-22,24H,2-12,15,23,25-27H2,1H3,(H,33,35). The Kier molecular flexibility index (Phi) is 14.1. The summed E-state index contributed by atoms with van der Waals surface area (Å²) in [4.78, 5) is 14.9. The SMILES string of the molecule is CCCCCCCCCCCCCCOc1ccc(CC(=O)Nc2ccccc2CN2C=CSC2)cc1. The van der Waals surface area contributed by atoms with E-state index in [1.54, 1.807) is 11.8 Å². The zero-order valence-corrected chi connectivity index (χ0v) is 23.6. The lowest BCUT2D eigenvalue weighted by Gasteiger charge is -2.17. The topological polar surface area (TPSA) is 41.6 Å². The largest absolute Gasteiger partial charge is 0.494 e. The van der Waals surface area contributed by atoms with Gasteiger partial charge in [0.2, 0.25) is 5.91 Å². The molecule has 202 valence electrons. The lowest BCUT2D eigenvalue weighted by molar-refractivity contribution is -0.115. The van der Waals surface area contributed by atoms with Gasteiger partial charge in [0.25, 0.3) is 0 Å². The van der Waals surface area contributed by atoms with Crippen LogP contribution in [0.5, 0.6) is 5.75 Å². The van der Waals surface area contributed by atoms with Crippen LogP contribution in [-0.4, -0.2) is 23.3 Å². The number of anilines is 1. The highest BCUT2D eigenvalue weighted by Crippen LogP contribution is 2.23. The maximum atomic E-state index is 12.7. The molecular weight excluding hydrogens is 476 g/mol. The van der Waals surface area contributed by atoms with Crippen LogP contribution in [0.15, 0.2) is 60.1 Å². The lowest BCUT2D eigenvalue weighted by Crippen LogP contribution is -2.18. The molecule has 1 amide bonds. The van der Waals surface area contributed by atoms with Gasteiger partial charge in [-0.3, -0.25) is 4.79 Å². The van der Waals surface area contributed by atoms with E-state index < -0.39 is 0 Å². The summed E-state index contributed by atoms with van der Waals surface area (Å²) in [5.41, 5.74) is 3.01. The first-order valence-corrected chi connectivity index (χ1v) is 15.4. The van der Waals surface area contributed by atoms with E-state index in [0.717, 1.165) is 48.0 Å². The molecule has 0 fully saturated rings. The Bertz CT molecular complexity index is 929. The first-order chi connectivity index (χ1) is 18.2. The second kappa shape index (κ2) is 18.0. The maximum Gasteiger partial charge on any atom is 0.228 e. The molecule has 5 heteroatoms. The molecule has 0 aliphatic carbocycles. The van der Waals surface area contributed by atoms with Gasteiger partial charge in [-0.2, -0.15) is 0 Å². The Labute approximate surface area is 229 Å². The van der Waals surface area contributed by atoms with Gasteiger partial charge < -0.3 is 15.0 Å². The molecule has 1 N–H and O–H groups in total. The fraction of sp³-hybridized carbons (Fsp3) is 0.531. The second-order valence-electron chi connectivity index (χ2n) is 10.1. The predicted octanol–water partition coefficient (Wildman–Crippen LogP) is 8.93. The number of nitrogens with one attached hydrogen (secondary N) is 1. The first-order valence-electron chi connectivity index (χ1n) is 14.4. The minimum Gasteiger partial charge on any atom is -0.494 e. The van der Waals surface area contributed by atoms with Crippen LogP contribution in [0.2, 0.25) is 0 Å². The van der Waals surface area contributed by atoms with Crippen LogP contribution in [-0.2, 0) is 17.8 Å². The molecule has 0 aromatic heterocycles. The molecule has 2 aromatic carbocycles. The van der Waals surface area contributed by atoms with Crippen molar-refractivity contribution in [1.82, 2.24) is 4.90 Å². The van der Waals surface area contributed by atoms with Crippen molar-refractivity contribution in [2.75, 3.05) is 17.8 Å². The summed E-state index contributed by atoms with van der Waals surface area (Å²) < 4.78 is 5.92. The average Bonchev–Trinajstić information content (AvgIpc) is 3.42. The highest BCUT2D eigenvalue weighted by molar-refractivity contribution is 8.02. The normalized spacial score (nSPS) is 12.7. The highest BCUT2D eigenvalue weighted by atomic mass is 32.2. The van der Waals surface area contributed by atoms with E-state index in [2.05, 4.69) is 34.8 Å². The molecule has 37 heavy (non-hydrogen) atoms. The van der Waals surface area contributed by atoms with Crippen molar-refractivity contribution in [3.63, 3.8) is 0 Å². The summed E-state index contributed by atoms with van der Waals surface area (Å²) in [6.07, 6.45) is 18.6. The molecule has 1 aliphatic rings. The van der Waals surface area contributed by atoms with Gasteiger partial charge in [-0.25, -0.2) is 0 Å². The monoisotopic (exact) mass is 522 g/mol. The molecule has 3 rings (SSSR count). The number of ether oxygens (including phenoxy) is 1. The van der Waals surface area contributed by atoms with E-state index in [0.29, 0.717) is 6.42 Å². The minimum absolute atomic E-state index is 0.00366. The van der Waals surface area contributed by atoms with Crippen LogP contribution >= 0.6 is 11.8 Å². The fourth-order valence-electron chi connectivity index (χ4n) is 4.62. The summed E-state index contributed by atoms with van der Waals surface area (Å²) in [5, 5.41) is 5.20. The Hall–Kier alpha value is -2.40. The molecule has 4 nitrogen and oxygen atoms in total. The zero-order valence-electron chi connectivity index (χ0n) is 22.8. The first kappa shape index (κ1) is 29.2. The number of hydrogen-bond donors (Lipinski definition) is 1. The van der Waals surface area contributed by atoms with E-state index in [9.17, 15) is 4.79 Å². The lowest BCUT2D eigenvalue weighted by atomic mass is 10.1. The van der Waals surface area contributed by atoms with Crippen LogP contribution in [0.4, 0.5) is 5.69 Å². The minimum atomic E-state index is 0.00366. The third-order valence-electron chi connectivity index (χ3n) is 6.83. The van der Waals surface area contributed by atoms with Gasteiger partial charge in [-0.05, 0) is 41.2 Å². The van der Waals surface area contributed by atoms with Gasteiger partial charge >= 0.3 is 0 Å². The van der Waals surface area contributed by atoms with Gasteiger partial charge in [0.15, 0.2) is 0 Å². The number of carbonyl (C=O) groups excluding carboxylic acids is 1. The number of unbranched alkanes of at least 4 members (excludes halogenated alkanes) is 11. The Balaban J connectivity index is 1.25. The number of hydrogen-bond acceptors (Lipinski definition) is 4. The zero-order chi connectivity index (χ0) is 26.0. The van der Waals surface area contributed by atoms with Gasteiger partial charge in [0.05, 0.1) is 18.9 Å². The number of carbonyl (C=O) groups is 1. The number of benzene rings is 2. The smallest absolute Gasteiger partial charge is 0.228 e. The number of rotatable bonds is 19. The Morgan fingerprint density at radius 3 is 2.16 bits per heavy atom. The third kappa shape index (κ3) is 12.1. The Morgan fingerprint density at radius 2 is 1.51 bits per heavy atom. The third-order valence-corrected chi connectivity index (χ3v) is 7.62. The van der Waals surface area contributed by atoms with Crippen LogP contribution < -0.4 is 10.1 Å². The van der Waals surface area contributed by atoms with Crippen molar-refractivity contribution in [3.8, 4) is 5.75 Å². The molecule has 0 bridgehead atoms. The number of nitrogens with zero attached hydrogens (tertiary/aromatic N) is 1. The molecule has 1 aliphatic heterocycles. The average molecular weight is 523 g/mol. The van der Waals surface area contributed by atoms with Gasteiger partial charge in [-0.15, -0.1) is 11.8 Å². The van der Waals surface area contributed by atoms with Gasteiger partial charge in [0, 0.05) is 18.4 Å². The summed E-state index contributed by atoms with van der Waals surface area (Å²) >= 11 is 1.79. The van der Waals surface area contributed by atoms with E-state index in [1.165, 1.54) is 70.6 Å². The number of para-hydroxylation sites is 1. The molecule has 0 saturated carbocycles. The predicted molar refractivity (Wildman–Crippen MR) is 159 cm³/mol. The molecule has 2 aromatic rings. The highest BCUT2D eigenvalue weighted by Gasteiger charge is 2.11. The van der Waals surface area contributed by atoms with Crippen molar-refractivity contribution in [3.05, 3.63) is 71.3 Å². The maximum absolute atomic E-state index is 12.7. The van der Waals surface area contributed by atoms with Crippen LogP contribution in [0.1, 0.15) is 95.1 Å². The second-order valence-corrected chi connectivity index (χ2v) is 11.0. The van der Waals surface area contributed by atoms with Crippen LogP contribution in [0, 0.1) is 0 Å². The number of amides is 1. The van der Waals surface area contributed by atoms with Crippen molar-refractivity contribution in [1.29, 1.82) is 0 Å². The summed E-state index contributed by atoms with van der Waals surface area (Å²) in [6.45, 7) is 3.84. The van der Waals surface area contributed by atoms with Gasteiger partial charge in [-0.1, -0.05) is 108 Å². The molecular formula is C32H46N2O2S. The van der Waals surface area contributed by atoms with Crippen molar-refractivity contribution < 1.29 is 9.53 Å². The summed E-state index contributed by atoms with van der Waals surface area (Å²) in [6, 6.07) is 16.0. The van der Waals surface area contributed by atoms with Gasteiger partial charge in [0.1, 0.15) is 5.75 Å². The number of thioether (sulfide) groups is 1. The summed E-state index contributed by atoms with van der Waals surface area (Å²) in [7, 11) is 0. The molecule has 0 saturated heterocycles. The molecule has 0 spiro atoms. The van der Waals surface area contributed by atoms with Crippen molar-refractivity contribution in [2.24, 2.45) is 0 Å². The Morgan fingerprint density at radius 1 is 0.865 bits per heavy atom. The molecule has 0 unspecified atom stereocenters. The summed E-state index contributed by atoms with van der Waals surface area (Å²) in [5.74, 6) is 1.84. The van der Waals surface area contributed by atoms with E-state index in [-0.39, 0.29) is 5.91 Å². The molecule has 0 radical (unpaired) electrons. The molecule has 1 heterocycles. The quantitative estimate of drug-likeness (QED) is 0.187. The fourth-order valence-corrected chi connectivity index (χ4v) is 5.34. The van der Waals surface area contributed by atoms with Crippen molar-refractivity contribution >= 4 is 23.4 Å². The van der Waals surface area contributed by atoms with Crippen LogP contribution in [0.25, 0.3) is 0 Å². The van der Waals surface area contributed by atoms with Crippen molar-refractivity contribution in [2.45, 2.75) is 96.9 Å². The van der Waals surface area contributed by atoms with Crippen LogP contribution in [0.3, 0.4) is 0 Å². The van der Waals surface area contributed by atoms with E-state index in [4.69, 9.17) is 4.74 Å².